The Morgan fingerprint density at radius 3 is 2.82 bits per heavy atom. The molecule has 112 valence electrons. The summed E-state index contributed by atoms with van der Waals surface area (Å²) >= 11 is 0. The van der Waals surface area contributed by atoms with Gasteiger partial charge in [0.15, 0.2) is 0 Å². The third-order valence-corrected chi connectivity index (χ3v) is 3.74. The topological polar surface area (TPSA) is 76.6 Å². The summed E-state index contributed by atoms with van der Waals surface area (Å²) in [6, 6.07) is 9.00. The van der Waals surface area contributed by atoms with Gasteiger partial charge in [0.1, 0.15) is 0 Å². The molecular weight excluding hydrogens is 282 g/mol. The molecule has 0 aliphatic carbocycles. The summed E-state index contributed by atoms with van der Waals surface area (Å²) in [4.78, 5) is 21.4. The maximum Gasteiger partial charge on any atom is 0.372 e. The number of nitro groups is 1. The van der Waals surface area contributed by atoms with Crippen LogP contribution in [0.2, 0.25) is 0 Å². The van der Waals surface area contributed by atoms with Crippen LogP contribution in [0.3, 0.4) is 0 Å². The number of hydrogen-bond acceptors (Lipinski definition) is 5. The maximum atomic E-state index is 11.5. The van der Waals surface area contributed by atoms with E-state index in [9.17, 15) is 10.1 Å². The summed E-state index contributed by atoms with van der Waals surface area (Å²) in [5.74, 6) is 0.307. The molecule has 3 rings (SSSR count). The Morgan fingerprint density at radius 1 is 1.32 bits per heavy atom. The van der Waals surface area contributed by atoms with Gasteiger partial charge in [-0.3, -0.25) is 4.98 Å². The van der Waals surface area contributed by atoms with Crippen molar-refractivity contribution in [3.8, 4) is 0 Å². The molecule has 3 aromatic rings. The second-order valence-electron chi connectivity index (χ2n) is 5.02. The standard InChI is InChI=1S/C15H15N5O2/c1-11(12-6-5-8-16-10-12)18(2)14-15(20(21)22)19-9-4-3-7-13(19)17-14/h3-11H,1-2H3/t11-/m0/s1. The van der Waals surface area contributed by atoms with Crippen molar-refractivity contribution in [1.82, 2.24) is 14.4 Å². The first kappa shape index (κ1) is 14.0. The molecule has 0 N–H and O–H groups in total. The van der Waals surface area contributed by atoms with Crippen LogP contribution in [-0.2, 0) is 0 Å². The predicted octanol–water partition coefficient (Wildman–Crippen LogP) is 2.83. The first-order valence-corrected chi connectivity index (χ1v) is 6.84. The molecule has 7 nitrogen and oxygen atoms in total. The highest BCUT2D eigenvalue weighted by atomic mass is 16.6. The van der Waals surface area contributed by atoms with E-state index in [4.69, 9.17) is 0 Å². The van der Waals surface area contributed by atoms with Crippen molar-refractivity contribution in [2.24, 2.45) is 0 Å². The highest BCUT2D eigenvalue weighted by Crippen LogP contribution is 2.32. The lowest BCUT2D eigenvalue weighted by atomic mass is 10.1. The molecule has 0 saturated carbocycles. The number of hydrogen-bond donors (Lipinski definition) is 0. The summed E-state index contributed by atoms with van der Waals surface area (Å²) < 4.78 is 1.49. The summed E-state index contributed by atoms with van der Waals surface area (Å²) in [6.07, 6.45) is 5.10. The first-order chi connectivity index (χ1) is 10.6. The summed E-state index contributed by atoms with van der Waals surface area (Å²) in [5.41, 5.74) is 1.52. The molecule has 0 unspecified atom stereocenters. The van der Waals surface area contributed by atoms with Crippen LogP contribution in [0.4, 0.5) is 11.6 Å². The van der Waals surface area contributed by atoms with Crippen LogP contribution in [0.1, 0.15) is 18.5 Å². The number of anilines is 1. The number of fused-ring (bicyclic) bond motifs is 1. The van der Waals surface area contributed by atoms with Crippen LogP contribution in [0.25, 0.3) is 5.65 Å². The zero-order valence-electron chi connectivity index (χ0n) is 12.2. The third kappa shape index (κ3) is 2.26. The minimum atomic E-state index is -0.401. The van der Waals surface area contributed by atoms with E-state index in [0.717, 1.165) is 5.56 Å². The van der Waals surface area contributed by atoms with Crippen LogP contribution in [0, 0.1) is 10.1 Å². The smallest absolute Gasteiger partial charge is 0.358 e. The molecule has 0 amide bonds. The van der Waals surface area contributed by atoms with Gasteiger partial charge in [-0.1, -0.05) is 12.1 Å². The molecule has 0 aliphatic rings. The van der Waals surface area contributed by atoms with Crippen molar-refractivity contribution in [2.75, 3.05) is 11.9 Å². The molecule has 0 bridgehead atoms. The predicted molar refractivity (Wildman–Crippen MR) is 82.9 cm³/mol. The Kier molecular flexibility index (Phi) is 3.46. The quantitative estimate of drug-likeness (QED) is 0.546. The van der Waals surface area contributed by atoms with Gasteiger partial charge < -0.3 is 15.0 Å². The van der Waals surface area contributed by atoms with Crippen LogP contribution in [0.15, 0.2) is 48.9 Å². The Hall–Kier alpha value is -2.96. The number of nitrogens with zero attached hydrogens (tertiary/aromatic N) is 5. The van der Waals surface area contributed by atoms with Crippen molar-refractivity contribution in [3.63, 3.8) is 0 Å². The molecule has 0 spiro atoms. The fourth-order valence-electron chi connectivity index (χ4n) is 2.41. The Morgan fingerprint density at radius 2 is 2.14 bits per heavy atom. The summed E-state index contributed by atoms with van der Waals surface area (Å²) in [7, 11) is 1.80. The van der Waals surface area contributed by atoms with E-state index in [1.807, 2.05) is 19.1 Å². The Bertz CT molecular complexity index is 815. The molecule has 0 aliphatic heterocycles. The van der Waals surface area contributed by atoms with Crippen molar-refractivity contribution in [2.45, 2.75) is 13.0 Å². The average molecular weight is 297 g/mol. The highest BCUT2D eigenvalue weighted by molar-refractivity contribution is 5.63. The zero-order chi connectivity index (χ0) is 15.7. The van der Waals surface area contributed by atoms with Crippen molar-refractivity contribution in [3.05, 3.63) is 64.6 Å². The highest BCUT2D eigenvalue weighted by Gasteiger charge is 2.27. The Labute approximate surface area is 127 Å². The first-order valence-electron chi connectivity index (χ1n) is 6.84. The number of rotatable bonds is 4. The lowest BCUT2D eigenvalue weighted by Crippen LogP contribution is -2.23. The van der Waals surface area contributed by atoms with Gasteiger partial charge in [-0.05, 0) is 29.5 Å². The van der Waals surface area contributed by atoms with Gasteiger partial charge in [-0.15, -0.1) is 0 Å². The van der Waals surface area contributed by atoms with E-state index in [2.05, 4.69) is 9.97 Å². The fraction of sp³-hybridized carbons (Fsp3) is 0.200. The van der Waals surface area contributed by atoms with Crippen molar-refractivity contribution >= 4 is 17.3 Å². The number of pyridine rings is 2. The average Bonchev–Trinajstić information content (AvgIpc) is 2.94. The monoisotopic (exact) mass is 297 g/mol. The molecule has 3 heterocycles. The van der Waals surface area contributed by atoms with E-state index < -0.39 is 4.92 Å². The fourth-order valence-corrected chi connectivity index (χ4v) is 2.41. The molecule has 0 fully saturated rings. The van der Waals surface area contributed by atoms with E-state index in [0.29, 0.717) is 11.5 Å². The van der Waals surface area contributed by atoms with Gasteiger partial charge in [-0.2, -0.15) is 9.38 Å². The second kappa shape index (κ2) is 5.44. The molecule has 22 heavy (non-hydrogen) atoms. The SMILES string of the molecule is C[C@@H](c1cccnc1)N(C)c1nc2ccccn2c1[N+](=O)[O-]. The van der Waals surface area contributed by atoms with Crippen molar-refractivity contribution in [1.29, 1.82) is 0 Å². The maximum absolute atomic E-state index is 11.5. The van der Waals surface area contributed by atoms with Gasteiger partial charge >= 0.3 is 5.82 Å². The molecule has 7 heteroatoms. The third-order valence-electron chi connectivity index (χ3n) is 3.74. The van der Waals surface area contributed by atoms with E-state index in [1.54, 1.807) is 48.7 Å². The van der Waals surface area contributed by atoms with Gasteiger partial charge in [0.05, 0.1) is 12.2 Å². The van der Waals surface area contributed by atoms with Crippen LogP contribution in [0.5, 0.6) is 0 Å². The molecular formula is C15H15N5O2. The largest absolute Gasteiger partial charge is 0.372 e. The molecule has 1 atom stereocenters. The minimum Gasteiger partial charge on any atom is -0.358 e. The summed E-state index contributed by atoms with van der Waals surface area (Å²) in [6.45, 7) is 1.96. The number of imidazole rings is 1. The number of aromatic nitrogens is 3. The molecule has 3 aromatic heterocycles. The van der Waals surface area contributed by atoms with Crippen LogP contribution >= 0.6 is 0 Å². The molecule has 0 aromatic carbocycles. The second-order valence-corrected chi connectivity index (χ2v) is 5.02. The van der Waals surface area contributed by atoms with Gasteiger partial charge in [0, 0.05) is 25.5 Å². The Balaban J connectivity index is 2.09. The summed E-state index contributed by atoms with van der Waals surface area (Å²) in [5, 5.41) is 11.5. The molecule has 0 radical (unpaired) electrons. The lowest BCUT2D eigenvalue weighted by molar-refractivity contribution is -0.389. The van der Waals surface area contributed by atoms with Gasteiger partial charge in [0.2, 0.25) is 11.5 Å². The van der Waals surface area contributed by atoms with Crippen molar-refractivity contribution < 1.29 is 4.92 Å². The zero-order valence-corrected chi connectivity index (χ0v) is 12.2. The van der Waals surface area contributed by atoms with Crippen LogP contribution in [-0.4, -0.2) is 26.3 Å². The van der Waals surface area contributed by atoms with E-state index in [-0.39, 0.29) is 11.9 Å². The van der Waals surface area contributed by atoms with Gasteiger partial charge in [0.25, 0.3) is 0 Å². The normalized spacial score (nSPS) is 12.3. The van der Waals surface area contributed by atoms with E-state index in [1.165, 1.54) is 4.40 Å². The van der Waals surface area contributed by atoms with E-state index >= 15 is 0 Å². The lowest BCUT2D eigenvalue weighted by Gasteiger charge is -2.24. The molecule has 0 saturated heterocycles. The van der Waals surface area contributed by atoms with Gasteiger partial charge in [-0.25, -0.2) is 0 Å². The van der Waals surface area contributed by atoms with Crippen LogP contribution < -0.4 is 4.90 Å². The minimum absolute atomic E-state index is 0.0335.